The van der Waals surface area contributed by atoms with Crippen LogP contribution >= 0.6 is 22.9 Å². The van der Waals surface area contributed by atoms with Gasteiger partial charge in [-0.15, -0.1) is 11.3 Å². The molecule has 1 saturated heterocycles. The van der Waals surface area contributed by atoms with Gasteiger partial charge in [0.1, 0.15) is 11.4 Å². The molecule has 24 heavy (non-hydrogen) atoms. The third-order valence-electron chi connectivity index (χ3n) is 5.34. The van der Waals surface area contributed by atoms with Gasteiger partial charge in [-0.3, -0.25) is 4.90 Å². The maximum Gasteiger partial charge on any atom is 0.191 e. The van der Waals surface area contributed by atoms with Crippen LogP contribution in [0.2, 0.25) is 4.34 Å². The first-order chi connectivity index (χ1) is 11.5. The molecule has 0 unspecified atom stereocenters. The molecule has 0 bridgehead atoms. The molecule has 0 saturated carbocycles. The Kier molecular flexibility index (Phi) is 4.23. The van der Waals surface area contributed by atoms with E-state index in [9.17, 15) is 0 Å². The van der Waals surface area contributed by atoms with Gasteiger partial charge in [-0.05, 0) is 44.7 Å². The van der Waals surface area contributed by atoms with Crippen molar-refractivity contribution < 1.29 is 9.15 Å². The lowest BCUT2D eigenvalue weighted by atomic mass is 9.82. The number of hydrogen-bond donors (Lipinski definition) is 0. The highest BCUT2D eigenvalue weighted by Crippen LogP contribution is 2.48. The summed E-state index contributed by atoms with van der Waals surface area (Å²) in [5.41, 5.74) is 2.24. The van der Waals surface area contributed by atoms with Crippen molar-refractivity contribution in [3.63, 3.8) is 0 Å². The van der Waals surface area contributed by atoms with Gasteiger partial charge in [0.05, 0.1) is 23.2 Å². The van der Waals surface area contributed by atoms with Crippen molar-refractivity contribution >= 4 is 22.9 Å². The molecule has 0 aromatic carbocycles. The van der Waals surface area contributed by atoms with Crippen LogP contribution in [0.4, 0.5) is 0 Å². The molecule has 1 spiro atoms. The molecule has 0 amide bonds. The van der Waals surface area contributed by atoms with Gasteiger partial charge in [0, 0.05) is 24.4 Å². The van der Waals surface area contributed by atoms with Crippen molar-refractivity contribution in [3.8, 4) is 0 Å². The monoisotopic (exact) mass is 366 g/mol. The smallest absolute Gasteiger partial charge is 0.191 e. The highest BCUT2D eigenvalue weighted by atomic mass is 35.5. The molecule has 130 valence electrons. The molecule has 1 fully saturated rings. The summed E-state index contributed by atoms with van der Waals surface area (Å²) in [7, 11) is 0. The van der Waals surface area contributed by atoms with Crippen LogP contribution in [0.25, 0.3) is 0 Å². The van der Waals surface area contributed by atoms with Crippen LogP contribution in [-0.4, -0.2) is 29.1 Å². The molecule has 2 aromatic heterocycles. The van der Waals surface area contributed by atoms with E-state index in [1.807, 2.05) is 13.8 Å². The Labute approximate surface area is 151 Å². The molecule has 4 nitrogen and oxygen atoms in total. The van der Waals surface area contributed by atoms with E-state index in [2.05, 4.69) is 22.9 Å². The molecule has 0 N–H and O–H groups in total. The highest BCUT2D eigenvalue weighted by molar-refractivity contribution is 7.16. The Morgan fingerprint density at radius 2 is 2.29 bits per heavy atom. The zero-order chi connectivity index (χ0) is 16.9. The largest absolute Gasteiger partial charge is 0.444 e. The number of hydrogen-bond acceptors (Lipinski definition) is 5. The van der Waals surface area contributed by atoms with E-state index in [1.54, 1.807) is 11.3 Å². The van der Waals surface area contributed by atoms with E-state index in [0.29, 0.717) is 6.04 Å². The molecule has 2 aliphatic heterocycles. The van der Waals surface area contributed by atoms with Crippen molar-refractivity contribution in [1.82, 2.24) is 9.88 Å². The maximum absolute atomic E-state index is 6.33. The predicted octanol–water partition coefficient (Wildman–Crippen LogP) is 4.46. The fourth-order valence-corrected chi connectivity index (χ4v) is 5.60. The lowest BCUT2D eigenvalue weighted by Crippen LogP contribution is -2.49. The van der Waals surface area contributed by atoms with Crippen molar-refractivity contribution in [2.24, 2.45) is 0 Å². The fraction of sp³-hybridized carbons (Fsp3) is 0.611. The number of aromatic nitrogens is 1. The van der Waals surface area contributed by atoms with E-state index < -0.39 is 0 Å². The lowest BCUT2D eigenvalue weighted by Gasteiger charge is -2.46. The first-order valence-corrected chi connectivity index (χ1v) is 9.76. The third kappa shape index (κ3) is 2.81. The van der Waals surface area contributed by atoms with Gasteiger partial charge in [0.15, 0.2) is 5.89 Å². The summed E-state index contributed by atoms with van der Waals surface area (Å²) < 4.78 is 13.0. The average molecular weight is 367 g/mol. The molecule has 0 aliphatic carbocycles. The second kappa shape index (κ2) is 6.13. The molecule has 4 heterocycles. The van der Waals surface area contributed by atoms with Gasteiger partial charge in [-0.1, -0.05) is 11.6 Å². The van der Waals surface area contributed by atoms with E-state index in [0.717, 1.165) is 60.6 Å². The van der Waals surface area contributed by atoms with Crippen LogP contribution in [0.5, 0.6) is 0 Å². The molecule has 6 heteroatoms. The van der Waals surface area contributed by atoms with Crippen LogP contribution in [0.1, 0.15) is 47.6 Å². The van der Waals surface area contributed by atoms with E-state index in [1.165, 1.54) is 10.4 Å². The number of fused-ring (bicyclic) bond motifs is 2. The Morgan fingerprint density at radius 3 is 3.00 bits per heavy atom. The van der Waals surface area contributed by atoms with Crippen LogP contribution in [0.3, 0.4) is 0 Å². The minimum Gasteiger partial charge on any atom is -0.444 e. The Morgan fingerprint density at radius 1 is 1.46 bits per heavy atom. The zero-order valence-electron chi connectivity index (χ0n) is 14.4. The summed E-state index contributed by atoms with van der Waals surface area (Å²) >= 11 is 7.98. The number of ether oxygens (including phenoxy) is 1. The quantitative estimate of drug-likeness (QED) is 0.786. The van der Waals surface area contributed by atoms with Crippen LogP contribution < -0.4 is 0 Å². The number of rotatable bonds is 2. The standard InChI is InChI=1S/C18H23ClN2O2S/c1-11-9-18(17-14(4-7-22-18)8-16(19)24-17)5-6-21(11)10-15-12(2)20-13(3)23-15/h8,11H,4-7,9-10H2,1-3H3/t11-,18+/m0/s1. The SMILES string of the molecule is Cc1nc(C)c(CN2CC[C@]3(C[C@@H]2C)OCCc2cc(Cl)sc23)o1. The Hall–Kier alpha value is -0.880. The summed E-state index contributed by atoms with van der Waals surface area (Å²) in [6, 6.07) is 2.55. The Bertz CT molecular complexity index is 756. The van der Waals surface area contributed by atoms with Crippen LogP contribution in [-0.2, 0) is 23.3 Å². The first-order valence-electron chi connectivity index (χ1n) is 8.56. The van der Waals surface area contributed by atoms with Crippen molar-refractivity contribution in [3.05, 3.63) is 38.2 Å². The topological polar surface area (TPSA) is 38.5 Å². The number of nitrogens with zero attached hydrogens (tertiary/aromatic N) is 2. The summed E-state index contributed by atoms with van der Waals surface area (Å²) in [5.74, 6) is 1.73. The minimum absolute atomic E-state index is 0.145. The molecule has 0 radical (unpaired) electrons. The number of halogens is 1. The number of oxazole rings is 1. The van der Waals surface area contributed by atoms with Gasteiger partial charge >= 0.3 is 0 Å². The summed E-state index contributed by atoms with van der Waals surface area (Å²) in [6.07, 6.45) is 2.99. The van der Waals surface area contributed by atoms with Crippen molar-refractivity contribution in [2.75, 3.05) is 13.2 Å². The van der Waals surface area contributed by atoms with E-state index in [4.69, 9.17) is 20.8 Å². The maximum atomic E-state index is 6.33. The first kappa shape index (κ1) is 16.6. The molecule has 4 rings (SSSR count). The lowest BCUT2D eigenvalue weighted by molar-refractivity contribution is -0.111. The number of likely N-dealkylation sites (tertiary alicyclic amines) is 1. The molecular formula is C18H23ClN2O2S. The second-order valence-electron chi connectivity index (χ2n) is 7.01. The van der Waals surface area contributed by atoms with Crippen molar-refractivity contribution in [2.45, 2.75) is 58.2 Å². The van der Waals surface area contributed by atoms with Gasteiger partial charge < -0.3 is 9.15 Å². The third-order valence-corrected chi connectivity index (χ3v) is 6.83. The predicted molar refractivity (Wildman–Crippen MR) is 95.7 cm³/mol. The molecular weight excluding hydrogens is 344 g/mol. The van der Waals surface area contributed by atoms with Gasteiger partial charge in [-0.2, -0.15) is 0 Å². The van der Waals surface area contributed by atoms with Crippen LogP contribution in [0.15, 0.2) is 10.5 Å². The number of piperidine rings is 1. The van der Waals surface area contributed by atoms with E-state index >= 15 is 0 Å². The Balaban J connectivity index is 1.54. The number of aryl methyl sites for hydroxylation is 2. The number of thiophene rings is 1. The normalized spacial score (nSPS) is 27.6. The summed E-state index contributed by atoms with van der Waals surface area (Å²) in [4.78, 5) is 8.22. The zero-order valence-corrected chi connectivity index (χ0v) is 16.0. The van der Waals surface area contributed by atoms with Crippen LogP contribution in [0, 0.1) is 13.8 Å². The minimum atomic E-state index is -0.145. The second-order valence-corrected chi connectivity index (χ2v) is 8.70. The molecule has 2 atom stereocenters. The van der Waals surface area contributed by atoms with Gasteiger partial charge in [0.2, 0.25) is 0 Å². The fourth-order valence-electron chi connectivity index (χ4n) is 4.12. The highest BCUT2D eigenvalue weighted by Gasteiger charge is 2.45. The summed E-state index contributed by atoms with van der Waals surface area (Å²) in [5, 5.41) is 0. The van der Waals surface area contributed by atoms with Gasteiger partial charge in [-0.25, -0.2) is 4.98 Å². The van der Waals surface area contributed by atoms with Crippen molar-refractivity contribution in [1.29, 1.82) is 0 Å². The average Bonchev–Trinajstić information content (AvgIpc) is 3.05. The van der Waals surface area contributed by atoms with Gasteiger partial charge in [0.25, 0.3) is 0 Å². The summed E-state index contributed by atoms with van der Waals surface area (Å²) in [6.45, 7) is 8.83. The molecule has 2 aliphatic rings. The molecule has 2 aromatic rings. The van der Waals surface area contributed by atoms with E-state index in [-0.39, 0.29) is 5.60 Å².